The average Bonchev–Trinajstić information content (AvgIpc) is 2.67. The van der Waals surface area contributed by atoms with Gasteiger partial charge in [0.1, 0.15) is 24.4 Å². The van der Waals surface area contributed by atoms with E-state index in [0.29, 0.717) is 6.42 Å². The zero-order valence-corrected chi connectivity index (χ0v) is 9.21. The van der Waals surface area contributed by atoms with Crippen molar-refractivity contribution in [2.45, 2.75) is 43.8 Å². The fourth-order valence-electron chi connectivity index (χ4n) is 2.25. The molecule has 4 N–H and O–H groups in total. The fourth-order valence-corrected chi connectivity index (χ4v) is 2.25. The number of nitrogens with zero attached hydrogens (tertiary/aromatic N) is 1. The Labute approximate surface area is 94.0 Å². The Morgan fingerprint density at radius 2 is 2.19 bits per heavy atom. The van der Waals surface area contributed by atoms with Gasteiger partial charge in [-0.15, -0.1) is 0 Å². The number of ether oxygens (including phenoxy) is 1. The first-order valence-corrected chi connectivity index (χ1v) is 5.60. The predicted molar refractivity (Wildman–Crippen MR) is 57.3 cm³/mol. The molecule has 0 radical (unpaired) electrons. The summed E-state index contributed by atoms with van der Waals surface area (Å²) in [6, 6.07) is -0.424. The molecule has 2 rings (SSSR count). The van der Waals surface area contributed by atoms with Crippen molar-refractivity contribution in [1.29, 1.82) is 0 Å². The minimum atomic E-state index is -1.07. The Bertz CT molecular complexity index is 284. The molecule has 0 saturated carbocycles. The molecular formula is C10H18N2O4. The number of aliphatic imine (C=N–C) groups is 1. The summed E-state index contributed by atoms with van der Waals surface area (Å²) in [7, 11) is 0. The molecule has 5 atom stereocenters. The summed E-state index contributed by atoms with van der Waals surface area (Å²) in [5.74, 6) is 0.794. The number of rotatable bonds is 2. The smallest absolute Gasteiger partial charge is 0.110 e. The van der Waals surface area contributed by atoms with Gasteiger partial charge in [0, 0.05) is 13.0 Å². The normalized spacial score (nSPS) is 42.8. The van der Waals surface area contributed by atoms with Gasteiger partial charge in [0.25, 0.3) is 0 Å². The third-order valence-corrected chi connectivity index (χ3v) is 3.07. The van der Waals surface area contributed by atoms with Crippen LogP contribution in [0.1, 0.15) is 13.3 Å². The third-order valence-electron chi connectivity index (χ3n) is 3.07. The van der Waals surface area contributed by atoms with Gasteiger partial charge in [0.15, 0.2) is 0 Å². The van der Waals surface area contributed by atoms with Crippen molar-refractivity contribution >= 4 is 5.84 Å². The predicted octanol–water partition coefficient (Wildman–Crippen LogP) is -1.75. The fraction of sp³-hybridized carbons (Fsp3) is 0.900. The summed E-state index contributed by atoms with van der Waals surface area (Å²) < 4.78 is 5.50. The Morgan fingerprint density at radius 1 is 1.44 bits per heavy atom. The van der Waals surface area contributed by atoms with Gasteiger partial charge in [-0.25, -0.2) is 0 Å². The van der Waals surface area contributed by atoms with E-state index in [4.69, 9.17) is 9.84 Å². The lowest BCUT2D eigenvalue weighted by Crippen LogP contribution is -2.56. The summed E-state index contributed by atoms with van der Waals surface area (Å²) in [5.41, 5.74) is 0. The van der Waals surface area contributed by atoms with Crippen LogP contribution in [0.3, 0.4) is 0 Å². The lowest BCUT2D eigenvalue weighted by molar-refractivity contribution is -0.182. The summed E-state index contributed by atoms with van der Waals surface area (Å²) in [6.45, 7) is 2.44. The number of hydrogen-bond donors (Lipinski definition) is 4. The summed E-state index contributed by atoms with van der Waals surface area (Å²) in [4.78, 5) is 4.29. The van der Waals surface area contributed by atoms with Crippen molar-refractivity contribution in [3.63, 3.8) is 0 Å². The van der Waals surface area contributed by atoms with Crippen LogP contribution in [0.2, 0.25) is 0 Å². The van der Waals surface area contributed by atoms with E-state index in [2.05, 4.69) is 10.3 Å². The highest BCUT2D eigenvalue weighted by molar-refractivity contribution is 5.84. The van der Waals surface area contributed by atoms with Crippen LogP contribution >= 0.6 is 0 Å². The number of aliphatic hydroxyl groups is 3. The highest BCUT2D eigenvalue weighted by atomic mass is 16.5. The molecule has 92 valence electrons. The van der Waals surface area contributed by atoms with Gasteiger partial charge in [0.2, 0.25) is 0 Å². The summed E-state index contributed by atoms with van der Waals surface area (Å²) in [5, 5.41) is 31.6. The van der Waals surface area contributed by atoms with Crippen molar-refractivity contribution in [3.8, 4) is 0 Å². The molecule has 0 aliphatic carbocycles. The second-order valence-corrected chi connectivity index (χ2v) is 4.18. The maximum Gasteiger partial charge on any atom is 0.110 e. The summed E-state index contributed by atoms with van der Waals surface area (Å²) >= 11 is 0. The van der Waals surface area contributed by atoms with Crippen molar-refractivity contribution in [2.75, 3.05) is 13.2 Å². The highest BCUT2D eigenvalue weighted by Gasteiger charge is 2.47. The molecule has 0 aromatic heterocycles. The molecular weight excluding hydrogens is 212 g/mol. The van der Waals surface area contributed by atoms with Gasteiger partial charge in [-0.1, -0.05) is 0 Å². The third kappa shape index (κ3) is 1.93. The van der Waals surface area contributed by atoms with Gasteiger partial charge in [-0.2, -0.15) is 0 Å². The molecule has 1 fully saturated rings. The Balaban J connectivity index is 2.08. The number of nitrogens with one attached hydrogen (secondary N) is 1. The largest absolute Gasteiger partial charge is 0.394 e. The number of aliphatic hydroxyl groups excluding tert-OH is 3. The topological polar surface area (TPSA) is 94.3 Å². The first kappa shape index (κ1) is 11.8. The van der Waals surface area contributed by atoms with Crippen LogP contribution in [0.25, 0.3) is 0 Å². The molecule has 0 aromatic rings. The van der Waals surface area contributed by atoms with E-state index in [1.54, 1.807) is 0 Å². The van der Waals surface area contributed by atoms with E-state index in [1.165, 1.54) is 0 Å². The Kier molecular flexibility index (Phi) is 3.44. The van der Waals surface area contributed by atoms with Crippen LogP contribution in [0.15, 0.2) is 4.99 Å². The maximum absolute atomic E-state index is 9.86. The van der Waals surface area contributed by atoms with Crippen molar-refractivity contribution in [1.82, 2.24) is 5.32 Å². The van der Waals surface area contributed by atoms with Crippen LogP contribution in [-0.2, 0) is 4.74 Å². The van der Waals surface area contributed by atoms with E-state index in [1.807, 2.05) is 6.92 Å². The lowest BCUT2D eigenvalue weighted by Gasteiger charge is -2.38. The molecule has 6 nitrogen and oxygen atoms in total. The molecule has 2 aliphatic rings. The molecule has 0 amide bonds. The molecule has 1 saturated heterocycles. The molecule has 2 aliphatic heterocycles. The molecule has 0 bridgehead atoms. The van der Waals surface area contributed by atoms with E-state index >= 15 is 0 Å². The van der Waals surface area contributed by atoms with Crippen LogP contribution in [-0.4, -0.2) is 64.8 Å². The van der Waals surface area contributed by atoms with Gasteiger partial charge >= 0.3 is 0 Å². The minimum Gasteiger partial charge on any atom is -0.394 e. The van der Waals surface area contributed by atoms with Gasteiger partial charge in [-0.05, 0) is 6.92 Å². The SMILES string of the molecule is CCNC1=N[C@@H]2[C@@H](O)[C@H](O)[C@@H](CO)O[C@@H]2C1. The van der Waals surface area contributed by atoms with Crippen molar-refractivity contribution in [2.24, 2.45) is 4.99 Å². The molecule has 2 heterocycles. The second kappa shape index (κ2) is 4.67. The van der Waals surface area contributed by atoms with Crippen LogP contribution < -0.4 is 5.32 Å². The minimum absolute atomic E-state index is 0.246. The van der Waals surface area contributed by atoms with E-state index in [0.717, 1.165) is 12.4 Å². The van der Waals surface area contributed by atoms with Gasteiger partial charge in [0.05, 0.1) is 18.5 Å². The molecule has 0 unspecified atom stereocenters. The lowest BCUT2D eigenvalue weighted by atomic mass is 9.94. The molecule has 6 heteroatoms. The number of amidine groups is 1. The van der Waals surface area contributed by atoms with Crippen LogP contribution in [0, 0.1) is 0 Å². The van der Waals surface area contributed by atoms with Crippen molar-refractivity contribution < 1.29 is 20.1 Å². The Morgan fingerprint density at radius 3 is 2.81 bits per heavy atom. The molecule has 0 spiro atoms. The van der Waals surface area contributed by atoms with E-state index in [9.17, 15) is 10.2 Å². The second-order valence-electron chi connectivity index (χ2n) is 4.18. The first-order valence-electron chi connectivity index (χ1n) is 5.60. The Hall–Kier alpha value is -0.690. The van der Waals surface area contributed by atoms with Crippen LogP contribution in [0.5, 0.6) is 0 Å². The highest BCUT2D eigenvalue weighted by Crippen LogP contribution is 2.29. The van der Waals surface area contributed by atoms with E-state index < -0.39 is 24.4 Å². The van der Waals surface area contributed by atoms with Crippen LogP contribution in [0.4, 0.5) is 0 Å². The summed E-state index contributed by atoms with van der Waals surface area (Å²) in [6.07, 6.45) is -2.40. The zero-order valence-electron chi connectivity index (χ0n) is 9.21. The standard InChI is InChI=1S/C10H18N2O4/c1-2-11-7-3-5-8(12-7)10(15)9(14)6(4-13)16-5/h5-6,8-10,13-15H,2-4H2,1H3,(H,11,12)/t5-,6-,8+,9-,10-/m1/s1. The number of hydrogen-bond acceptors (Lipinski definition) is 6. The van der Waals surface area contributed by atoms with Gasteiger partial charge < -0.3 is 25.4 Å². The molecule has 0 aromatic carbocycles. The molecule has 16 heavy (non-hydrogen) atoms. The quantitative estimate of drug-likeness (QED) is 0.451. The monoisotopic (exact) mass is 230 g/mol. The van der Waals surface area contributed by atoms with Gasteiger partial charge in [-0.3, -0.25) is 4.99 Å². The van der Waals surface area contributed by atoms with Crippen molar-refractivity contribution in [3.05, 3.63) is 0 Å². The maximum atomic E-state index is 9.86. The van der Waals surface area contributed by atoms with E-state index in [-0.39, 0.29) is 12.7 Å². The average molecular weight is 230 g/mol. The zero-order chi connectivity index (χ0) is 11.7. The first-order chi connectivity index (χ1) is 7.67. The number of fused-ring (bicyclic) bond motifs is 1.